The molecule has 2 aliphatic heterocycles. The second kappa shape index (κ2) is 16.5. The fraction of sp³-hybridized carbons (Fsp3) is 0.368. The highest BCUT2D eigenvalue weighted by Crippen LogP contribution is 2.35. The van der Waals surface area contributed by atoms with Gasteiger partial charge in [0.05, 0.1) is 66.1 Å². The summed E-state index contributed by atoms with van der Waals surface area (Å²) in [5.74, 6) is -1.41. The molecular formula is C38H42O10. The molecule has 0 aromatic heterocycles. The van der Waals surface area contributed by atoms with Gasteiger partial charge in [-0.15, -0.1) is 0 Å². The predicted octanol–water partition coefficient (Wildman–Crippen LogP) is 5.60. The van der Waals surface area contributed by atoms with Crippen molar-refractivity contribution in [3.8, 4) is 33.8 Å². The first kappa shape index (κ1) is 34.0. The molecule has 0 saturated carbocycles. The van der Waals surface area contributed by atoms with Gasteiger partial charge in [0, 0.05) is 11.1 Å². The Morgan fingerprint density at radius 3 is 0.979 bits per heavy atom. The van der Waals surface area contributed by atoms with Crippen molar-refractivity contribution in [2.24, 2.45) is 0 Å². The van der Waals surface area contributed by atoms with Crippen LogP contribution in [0.4, 0.5) is 0 Å². The monoisotopic (exact) mass is 658 g/mol. The van der Waals surface area contributed by atoms with Crippen LogP contribution < -0.4 is 0 Å². The molecule has 2 N–H and O–H groups in total. The van der Waals surface area contributed by atoms with Crippen LogP contribution in [-0.4, -0.2) is 89.5 Å². The summed E-state index contributed by atoms with van der Waals surface area (Å²) >= 11 is 0. The van der Waals surface area contributed by atoms with Gasteiger partial charge in [-0.2, -0.15) is 0 Å². The van der Waals surface area contributed by atoms with E-state index in [0.717, 1.165) is 33.4 Å². The molecule has 4 aromatic carbocycles. The third kappa shape index (κ3) is 8.59. The maximum Gasteiger partial charge on any atom is 0.219 e. The summed E-state index contributed by atoms with van der Waals surface area (Å²) in [5.41, 5.74) is 5.87. The third-order valence-electron chi connectivity index (χ3n) is 8.26. The van der Waals surface area contributed by atoms with Gasteiger partial charge >= 0.3 is 0 Å². The van der Waals surface area contributed by atoms with Crippen molar-refractivity contribution < 1.29 is 48.1 Å². The van der Waals surface area contributed by atoms with Crippen LogP contribution in [0.15, 0.2) is 97.1 Å². The SMILES string of the molecule is Oc1ccc(-c2ccc(C3(COCCOCCOCCOCC4(c5ccc(-c6ccc(O)cc6)cc5)OCCO4)OCCO3)cc2)cc1. The first-order valence-electron chi connectivity index (χ1n) is 16.2. The Hall–Kier alpha value is -3.84. The molecule has 10 heteroatoms. The molecule has 0 unspecified atom stereocenters. The fourth-order valence-corrected chi connectivity index (χ4v) is 5.69. The lowest BCUT2D eigenvalue weighted by molar-refractivity contribution is -0.205. The number of aromatic hydroxyl groups is 2. The molecule has 10 nitrogen and oxygen atoms in total. The van der Waals surface area contributed by atoms with E-state index in [4.69, 9.17) is 37.9 Å². The van der Waals surface area contributed by atoms with Crippen molar-refractivity contribution in [3.05, 3.63) is 108 Å². The molecule has 0 aliphatic carbocycles. The maximum absolute atomic E-state index is 9.55. The highest BCUT2D eigenvalue weighted by molar-refractivity contribution is 5.65. The highest BCUT2D eigenvalue weighted by Gasteiger charge is 2.40. The van der Waals surface area contributed by atoms with E-state index in [0.29, 0.717) is 66.1 Å². The molecule has 2 heterocycles. The quantitative estimate of drug-likeness (QED) is 0.139. The van der Waals surface area contributed by atoms with Gasteiger partial charge in [-0.3, -0.25) is 0 Å². The number of phenols is 2. The van der Waals surface area contributed by atoms with E-state index < -0.39 is 11.6 Å². The molecule has 0 spiro atoms. The standard InChI is InChI=1S/C38H42O10/c39-35-13-5-31(6-14-35)29-1-9-33(10-2-29)37(45-23-24-46-37)27-43-21-19-41-17-18-42-20-22-44-28-38(47-25-26-48-38)34-11-3-30(4-12-34)32-7-15-36(40)16-8-32/h1-16,39-40H,17-28H2. The second-order valence-corrected chi connectivity index (χ2v) is 11.5. The highest BCUT2D eigenvalue weighted by atomic mass is 16.8. The van der Waals surface area contributed by atoms with E-state index in [2.05, 4.69) is 0 Å². The summed E-state index contributed by atoms with van der Waals surface area (Å²) in [6, 6.07) is 30.2. The molecule has 0 bridgehead atoms. The van der Waals surface area contributed by atoms with E-state index >= 15 is 0 Å². The third-order valence-corrected chi connectivity index (χ3v) is 8.26. The Kier molecular flexibility index (Phi) is 11.7. The molecule has 6 rings (SSSR count). The number of ether oxygens (including phenoxy) is 8. The van der Waals surface area contributed by atoms with Crippen molar-refractivity contribution in [1.82, 2.24) is 0 Å². The van der Waals surface area contributed by atoms with E-state index in [1.54, 1.807) is 24.3 Å². The molecule has 0 amide bonds. The summed E-state index contributed by atoms with van der Waals surface area (Å²) < 4.78 is 47.1. The van der Waals surface area contributed by atoms with Crippen LogP contribution in [0.5, 0.6) is 11.5 Å². The summed E-state index contributed by atoms with van der Waals surface area (Å²) in [6.45, 7) is 4.97. The van der Waals surface area contributed by atoms with Crippen LogP contribution in [0.1, 0.15) is 11.1 Å². The Morgan fingerprint density at radius 2 is 0.667 bits per heavy atom. The molecule has 2 saturated heterocycles. The van der Waals surface area contributed by atoms with Gasteiger partial charge in [-0.1, -0.05) is 72.8 Å². The number of hydrogen-bond acceptors (Lipinski definition) is 10. The van der Waals surface area contributed by atoms with E-state index in [1.165, 1.54) is 0 Å². The molecule has 4 aromatic rings. The molecular weight excluding hydrogens is 616 g/mol. The number of rotatable bonds is 17. The lowest BCUT2D eigenvalue weighted by Crippen LogP contribution is -2.33. The van der Waals surface area contributed by atoms with Gasteiger partial charge in [0.2, 0.25) is 11.6 Å². The zero-order valence-corrected chi connectivity index (χ0v) is 26.9. The predicted molar refractivity (Wildman–Crippen MR) is 178 cm³/mol. The Labute approximate surface area is 280 Å². The zero-order valence-electron chi connectivity index (χ0n) is 26.9. The van der Waals surface area contributed by atoms with Crippen molar-refractivity contribution in [1.29, 1.82) is 0 Å². The van der Waals surface area contributed by atoms with Gasteiger partial charge in [0.25, 0.3) is 0 Å². The average molecular weight is 659 g/mol. The van der Waals surface area contributed by atoms with Crippen LogP contribution >= 0.6 is 0 Å². The van der Waals surface area contributed by atoms with Crippen molar-refractivity contribution in [2.75, 3.05) is 79.3 Å². The first-order valence-corrected chi connectivity index (χ1v) is 16.2. The van der Waals surface area contributed by atoms with Crippen LogP contribution in [0.3, 0.4) is 0 Å². The average Bonchev–Trinajstić information content (AvgIpc) is 3.81. The normalized spacial score (nSPS) is 16.8. The van der Waals surface area contributed by atoms with Crippen molar-refractivity contribution >= 4 is 0 Å². The van der Waals surface area contributed by atoms with Crippen molar-refractivity contribution in [3.63, 3.8) is 0 Å². The van der Waals surface area contributed by atoms with E-state index in [1.807, 2.05) is 72.8 Å². The van der Waals surface area contributed by atoms with Crippen LogP contribution in [0, 0.1) is 0 Å². The Balaban J connectivity index is 0.850. The lowest BCUT2D eigenvalue weighted by atomic mass is 10.0. The minimum Gasteiger partial charge on any atom is -0.508 e. The number of benzene rings is 4. The Morgan fingerprint density at radius 1 is 0.396 bits per heavy atom. The molecule has 2 aliphatic rings. The minimum absolute atomic E-state index is 0.239. The summed E-state index contributed by atoms with van der Waals surface area (Å²) in [5, 5.41) is 19.1. The van der Waals surface area contributed by atoms with Gasteiger partial charge < -0.3 is 48.1 Å². The van der Waals surface area contributed by atoms with Gasteiger partial charge in [0.15, 0.2) is 0 Å². The minimum atomic E-state index is -0.943. The van der Waals surface area contributed by atoms with E-state index in [-0.39, 0.29) is 24.7 Å². The Bertz CT molecular complexity index is 1410. The van der Waals surface area contributed by atoms with Crippen LogP contribution in [0.25, 0.3) is 22.3 Å². The fourth-order valence-electron chi connectivity index (χ4n) is 5.69. The molecule has 48 heavy (non-hydrogen) atoms. The number of hydrogen-bond donors (Lipinski definition) is 2. The first-order chi connectivity index (χ1) is 23.6. The maximum atomic E-state index is 9.55. The van der Waals surface area contributed by atoms with Crippen molar-refractivity contribution in [2.45, 2.75) is 11.6 Å². The molecule has 0 atom stereocenters. The van der Waals surface area contributed by atoms with E-state index in [9.17, 15) is 10.2 Å². The number of phenolic OH excluding ortho intramolecular Hbond substituents is 2. The lowest BCUT2D eigenvalue weighted by Gasteiger charge is -2.28. The van der Waals surface area contributed by atoms with Crippen LogP contribution in [0.2, 0.25) is 0 Å². The smallest absolute Gasteiger partial charge is 0.219 e. The largest absolute Gasteiger partial charge is 0.508 e. The topological polar surface area (TPSA) is 114 Å². The zero-order chi connectivity index (χ0) is 33.1. The molecule has 2 fully saturated rings. The summed E-state index contributed by atoms with van der Waals surface area (Å²) in [7, 11) is 0. The van der Waals surface area contributed by atoms with Gasteiger partial charge in [-0.25, -0.2) is 0 Å². The summed E-state index contributed by atoms with van der Waals surface area (Å²) in [4.78, 5) is 0. The second-order valence-electron chi connectivity index (χ2n) is 11.5. The van der Waals surface area contributed by atoms with Crippen LogP contribution in [-0.2, 0) is 49.5 Å². The summed E-state index contributed by atoms with van der Waals surface area (Å²) in [6.07, 6.45) is 0. The molecule has 0 radical (unpaired) electrons. The van der Waals surface area contributed by atoms with Gasteiger partial charge in [0.1, 0.15) is 24.7 Å². The molecule has 254 valence electrons. The van der Waals surface area contributed by atoms with Gasteiger partial charge in [-0.05, 0) is 46.5 Å².